The van der Waals surface area contributed by atoms with Gasteiger partial charge in [-0.25, -0.2) is 12.8 Å². The van der Waals surface area contributed by atoms with Gasteiger partial charge in [-0.3, -0.25) is 0 Å². The molecule has 8 heteroatoms. The first-order valence-corrected chi connectivity index (χ1v) is 10.8. The molecule has 1 atom stereocenters. The lowest BCUT2D eigenvalue weighted by molar-refractivity contribution is 0.301. The molecule has 2 aromatic carbocycles. The average molecular weight is 424 g/mol. The van der Waals surface area contributed by atoms with Crippen LogP contribution in [0.2, 0.25) is 0 Å². The lowest BCUT2D eigenvalue weighted by atomic mass is 10.1. The second-order valence-corrected chi connectivity index (χ2v) is 8.97. The zero-order valence-corrected chi connectivity index (χ0v) is 17.8. The summed E-state index contributed by atoms with van der Waals surface area (Å²) in [5, 5.41) is 0. The molecule has 3 rings (SSSR count). The van der Waals surface area contributed by atoms with Gasteiger partial charge in [0.1, 0.15) is 16.5 Å². The SMILES string of the molecule is COc1ccc(CN(C(C)C2CC2)S(=O)(=O)c2cc(OC)c(OC)cc2F)cc1. The van der Waals surface area contributed by atoms with Gasteiger partial charge >= 0.3 is 0 Å². The van der Waals surface area contributed by atoms with E-state index in [0.717, 1.165) is 24.5 Å². The van der Waals surface area contributed by atoms with E-state index in [2.05, 4.69) is 0 Å². The van der Waals surface area contributed by atoms with Crippen molar-refractivity contribution in [2.75, 3.05) is 21.3 Å². The maximum Gasteiger partial charge on any atom is 0.246 e. The molecule has 0 N–H and O–H groups in total. The smallest absolute Gasteiger partial charge is 0.246 e. The highest BCUT2D eigenvalue weighted by Crippen LogP contribution is 2.39. The van der Waals surface area contributed by atoms with Crippen LogP contribution in [0, 0.1) is 11.7 Å². The van der Waals surface area contributed by atoms with Crippen molar-refractivity contribution in [1.82, 2.24) is 4.31 Å². The Balaban J connectivity index is 2.01. The first kappa shape index (κ1) is 21.4. The number of methoxy groups -OCH3 is 3. The molecule has 1 unspecified atom stereocenters. The Morgan fingerprint density at radius 1 is 1.03 bits per heavy atom. The van der Waals surface area contributed by atoms with Crippen LogP contribution in [0.3, 0.4) is 0 Å². The van der Waals surface area contributed by atoms with E-state index in [4.69, 9.17) is 14.2 Å². The predicted octanol–water partition coefficient (Wildman–Crippen LogP) is 3.84. The maximum absolute atomic E-state index is 14.8. The summed E-state index contributed by atoms with van der Waals surface area (Å²) in [6.45, 7) is 2.01. The van der Waals surface area contributed by atoms with Crippen LogP contribution in [0.5, 0.6) is 17.2 Å². The van der Waals surface area contributed by atoms with Gasteiger partial charge in [0.2, 0.25) is 10.0 Å². The van der Waals surface area contributed by atoms with Crippen molar-refractivity contribution in [3.05, 3.63) is 47.8 Å². The Morgan fingerprint density at radius 3 is 2.14 bits per heavy atom. The van der Waals surface area contributed by atoms with Gasteiger partial charge in [-0.05, 0) is 43.4 Å². The fraction of sp³-hybridized carbons (Fsp3) is 0.429. The molecule has 158 valence electrons. The predicted molar refractivity (Wildman–Crippen MR) is 107 cm³/mol. The molecular weight excluding hydrogens is 397 g/mol. The molecule has 0 bridgehead atoms. The van der Waals surface area contributed by atoms with Crippen molar-refractivity contribution in [1.29, 1.82) is 0 Å². The topological polar surface area (TPSA) is 65.1 Å². The zero-order valence-electron chi connectivity index (χ0n) is 17.0. The lowest BCUT2D eigenvalue weighted by Gasteiger charge is -2.29. The monoisotopic (exact) mass is 423 g/mol. The third-order valence-corrected chi connectivity index (χ3v) is 7.23. The van der Waals surface area contributed by atoms with Gasteiger partial charge in [0.15, 0.2) is 11.5 Å². The summed E-state index contributed by atoms with van der Waals surface area (Å²) in [7, 11) is 0.209. The highest BCUT2D eigenvalue weighted by Gasteiger charge is 2.39. The average Bonchev–Trinajstić information content (AvgIpc) is 3.56. The summed E-state index contributed by atoms with van der Waals surface area (Å²) in [4.78, 5) is -0.420. The van der Waals surface area contributed by atoms with E-state index in [-0.39, 0.29) is 30.0 Å². The van der Waals surface area contributed by atoms with Crippen LogP contribution in [-0.4, -0.2) is 40.1 Å². The van der Waals surface area contributed by atoms with Gasteiger partial charge in [-0.1, -0.05) is 12.1 Å². The van der Waals surface area contributed by atoms with Crippen LogP contribution < -0.4 is 14.2 Å². The molecule has 29 heavy (non-hydrogen) atoms. The summed E-state index contributed by atoms with van der Waals surface area (Å²) in [6.07, 6.45) is 1.93. The van der Waals surface area contributed by atoms with Crippen molar-refractivity contribution in [3.63, 3.8) is 0 Å². The molecule has 6 nitrogen and oxygen atoms in total. The highest BCUT2D eigenvalue weighted by molar-refractivity contribution is 7.89. The van der Waals surface area contributed by atoms with E-state index in [1.165, 1.54) is 24.6 Å². The van der Waals surface area contributed by atoms with Gasteiger partial charge in [0.25, 0.3) is 0 Å². The number of ether oxygens (including phenoxy) is 3. The number of hydrogen-bond acceptors (Lipinski definition) is 5. The van der Waals surface area contributed by atoms with Gasteiger partial charge in [-0.2, -0.15) is 4.31 Å². The zero-order chi connectivity index (χ0) is 21.2. The molecule has 0 heterocycles. The fourth-order valence-electron chi connectivity index (χ4n) is 3.33. The number of sulfonamides is 1. The van der Waals surface area contributed by atoms with Crippen LogP contribution in [0.15, 0.2) is 41.3 Å². The van der Waals surface area contributed by atoms with E-state index < -0.39 is 20.7 Å². The Bertz CT molecular complexity index is 958. The largest absolute Gasteiger partial charge is 0.497 e. The third kappa shape index (κ3) is 4.48. The molecule has 0 spiro atoms. The Labute approximate surface area is 171 Å². The van der Waals surface area contributed by atoms with E-state index in [9.17, 15) is 12.8 Å². The fourth-order valence-corrected chi connectivity index (χ4v) is 5.07. The minimum absolute atomic E-state index is 0.137. The summed E-state index contributed by atoms with van der Waals surface area (Å²) >= 11 is 0. The summed E-state index contributed by atoms with van der Waals surface area (Å²) < 4.78 is 58.5. The molecule has 1 aliphatic carbocycles. The normalized spacial score (nSPS) is 15.2. The minimum Gasteiger partial charge on any atom is -0.497 e. The second kappa shape index (κ2) is 8.59. The molecule has 0 aliphatic heterocycles. The van der Waals surface area contributed by atoms with Crippen molar-refractivity contribution < 1.29 is 27.0 Å². The quantitative estimate of drug-likeness (QED) is 0.613. The standard InChI is InChI=1S/C21H26FNO5S/c1-14(16-7-8-16)23(13-15-5-9-17(26-2)10-6-15)29(24,25)21-12-20(28-4)19(27-3)11-18(21)22/h5-6,9-12,14,16H,7-8,13H2,1-4H3. The number of halogens is 1. The first-order chi connectivity index (χ1) is 13.8. The lowest BCUT2D eigenvalue weighted by Crippen LogP contribution is -2.39. The third-order valence-electron chi connectivity index (χ3n) is 5.28. The first-order valence-electron chi connectivity index (χ1n) is 9.38. The van der Waals surface area contributed by atoms with Crippen molar-refractivity contribution >= 4 is 10.0 Å². The Hall–Kier alpha value is -2.32. The molecule has 1 saturated carbocycles. The Kier molecular flexibility index (Phi) is 6.33. The van der Waals surface area contributed by atoms with Crippen LogP contribution >= 0.6 is 0 Å². The number of benzene rings is 2. The summed E-state index contributed by atoms with van der Waals surface area (Å²) in [6, 6.07) is 9.15. The van der Waals surface area contributed by atoms with Crippen molar-refractivity contribution in [2.24, 2.45) is 5.92 Å². The number of rotatable bonds is 9. The van der Waals surface area contributed by atoms with E-state index in [1.54, 1.807) is 19.2 Å². The molecule has 2 aromatic rings. The summed E-state index contributed by atoms with van der Waals surface area (Å²) in [5.74, 6) is 0.387. The van der Waals surface area contributed by atoms with E-state index >= 15 is 0 Å². The maximum atomic E-state index is 14.8. The van der Waals surface area contributed by atoms with Crippen LogP contribution in [-0.2, 0) is 16.6 Å². The highest BCUT2D eigenvalue weighted by atomic mass is 32.2. The van der Waals surface area contributed by atoms with E-state index in [1.807, 2.05) is 19.1 Å². The van der Waals surface area contributed by atoms with Crippen molar-refractivity contribution in [2.45, 2.75) is 37.2 Å². The molecule has 1 fully saturated rings. The van der Waals surface area contributed by atoms with Crippen molar-refractivity contribution in [3.8, 4) is 17.2 Å². The molecule has 0 saturated heterocycles. The van der Waals surface area contributed by atoms with Crippen LogP contribution in [0.1, 0.15) is 25.3 Å². The number of nitrogens with zero attached hydrogens (tertiary/aromatic N) is 1. The van der Waals surface area contributed by atoms with Gasteiger partial charge in [-0.15, -0.1) is 0 Å². The van der Waals surface area contributed by atoms with E-state index in [0.29, 0.717) is 5.75 Å². The second-order valence-electron chi connectivity index (χ2n) is 7.11. The molecular formula is C21H26FNO5S. The molecule has 0 aromatic heterocycles. The van der Waals surface area contributed by atoms with Gasteiger partial charge in [0.05, 0.1) is 21.3 Å². The molecule has 1 aliphatic rings. The molecule has 0 amide bonds. The van der Waals surface area contributed by atoms with Gasteiger partial charge < -0.3 is 14.2 Å². The van der Waals surface area contributed by atoms with Gasteiger partial charge in [0, 0.05) is 24.7 Å². The Morgan fingerprint density at radius 2 is 1.62 bits per heavy atom. The van der Waals surface area contributed by atoms with Crippen LogP contribution in [0.4, 0.5) is 4.39 Å². The summed E-state index contributed by atoms with van der Waals surface area (Å²) in [5.41, 5.74) is 0.794. The van der Waals surface area contributed by atoms with Crippen LogP contribution in [0.25, 0.3) is 0 Å². The minimum atomic E-state index is -4.12. The number of hydrogen-bond donors (Lipinski definition) is 0. The molecule has 0 radical (unpaired) electrons.